The fraction of sp³-hybridized carbons (Fsp3) is 0.292. The number of methoxy groups -OCH3 is 2. The van der Waals surface area contributed by atoms with Gasteiger partial charge in [-0.25, -0.2) is 19.2 Å². The van der Waals surface area contributed by atoms with Crippen LogP contribution < -0.4 is 14.8 Å². The molecule has 11 heteroatoms. The highest BCUT2D eigenvalue weighted by atomic mass is 19.4. The van der Waals surface area contributed by atoms with Crippen LogP contribution in [0.25, 0.3) is 4.85 Å². The minimum absolute atomic E-state index is 0.0798. The fourth-order valence-electron chi connectivity index (χ4n) is 3.46. The number of rotatable bonds is 10. The number of aromatic nitrogens is 2. The van der Waals surface area contributed by atoms with E-state index in [-0.39, 0.29) is 24.7 Å². The Hall–Kier alpha value is -3.91. The van der Waals surface area contributed by atoms with Crippen molar-refractivity contribution < 1.29 is 27.0 Å². The summed E-state index contributed by atoms with van der Waals surface area (Å²) in [5.74, 6) is 0.556. The second kappa shape index (κ2) is 11.5. The van der Waals surface area contributed by atoms with E-state index in [1.807, 2.05) is 0 Å². The lowest BCUT2D eigenvalue weighted by Gasteiger charge is -2.29. The van der Waals surface area contributed by atoms with Crippen LogP contribution in [-0.2, 0) is 6.54 Å². The number of nitrogens with one attached hydrogen (secondary N) is 1. The number of hydrogen-bond donors (Lipinski definition) is 1. The van der Waals surface area contributed by atoms with Gasteiger partial charge in [-0.3, -0.25) is 4.90 Å². The summed E-state index contributed by atoms with van der Waals surface area (Å²) in [4.78, 5) is 12.6. The highest BCUT2D eigenvalue weighted by Crippen LogP contribution is 2.29. The van der Waals surface area contributed by atoms with Crippen molar-refractivity contribution in [2.45, 2.75) is 18.8 Å². The van der Waals surface area contributed by atoms with Crippen molar-refractivity contribution in [1.29, 1.82) is 0 Å². The van der Waals surface area contributed by atoms with E-state index >= 15 is 0 Å². The molecule has 184 valence electrons. The number of anilines is 1. The van der Waals surface area contributed by atoms with Crippen LogP contribution >= 0.6 is 0 Å². The number of hydrogen-bond acceptors (Lipinski definition) is 6. The minimum Gasteiger partial charge on any atom is -0.497 e. The molecule has 7 nitrogen and oxygen atoms in total. The van der Waals surface area contributed by atoms with Crippen molar-refractivity contribution >= 4 is 11.6 Å². The Morgan fingerprint density at radius 3 is 2.31 bits per heavy atom. The Bertz CT molecular complexity index is 1150. The maximum absolute atomic E-state index is 13.5. The van der Waals surface area contributed by atoms with Gasteiger partial charge in [-0.2, -0.15) is 13.2 Å². The summed E-state index contributed by atoms with van der Waals surface area (Å²) >= 11 is 0. The molecular formula is C24H23F4N5O2. The maximum Gasteiger partial charge on any atom is 0.401 e. The van der Waals surface area contributed by atoms with Crippen molar-refractivity contribution in [2.24, 2.45) is 0 Å². The first-order valence-corrected chi connectivity index (χ1v) is 10.4. The van der Waals surface area contributed by atoms with Crippen molar-refractivity contribution in [3.05, 3.63) is 83.2 Å². The number of nitrogens with zero attached hydrogens (tertiary/aromatic N) is 4. The monoisotopic (exact) mass is 489 g/mol. The maximum atomic E-state index is 13.5. The third-order valence-electron chi connectivity index (χ3n) is 5.07. The second-order valence-corrected chi connectivity index (χ2v) is 7.59. The third kappa shape index (κ3) is 7.55. The Morgan fingerprint density at radius 1 is 1.06 bits per heavy atom. The Morgan fingerprint density at radius 2 is 1.74 bits per heavy atom. The molecule has 0 aliphatic rings. The lowest BCUT2D eigenvalue weighted by molar-refractivity contribution is -0.147. The van der Waals surface area contributed by atoms with Crippen LogP contribution in [0.5, 0.6) is 11.5 Å². The van der Waals surface area contributed by atoms with Crippen LogP contribution in [0, 0.1) is 12.4 Å². The van der Waals surface area contributed by atoms with Crippen molar-refractivity contribution in [3.8, 4) is 11.5 Å². The average Bonchev–Trinajstić information content (AvgIpc) is 2.83. The number of alkyl halides is 3. The average molecular weight is 489 g/mol. The molecule has 1 atom stereocenters. The summed E-state index contributed by atoms with van der Waals surface area (Å²) in [5.41, 5.74) is 1.30. The van der Waals surface area contributed by atoms with Crippen LogP contribution in [0.4, 0.5) is 29.2 Å². The van der Waals surface area contributed by atoms with E-state index in [2.05, 4.69) is 20.1 Å². The van der Waals surface area contributed by atoms with Gasteiger partial charge in [0.25, 0.3) is 0 Å². The first kappa shape index (κ1) is 25.7. The van der Waals surface area contributed by atoms with E-state index in [1.54, 1.807) is 18.2 Å². The van der Waals surface area contributed by atoms with E-state index in [1.165, 1.54) is 55.8 Å². The lowest BCUT2D eigenvalue weighted by atomic mass is 10.1. The molecule has 0 amide bonds. The standard InChI is InChI=1S/C24H23F4N5O2/c1-29-19-11-30-23(31-12-19)32-21(16-4-7-18(25)8-5-16)14-33(15-24(26,27)28)13-17-6-9-20(34-2)10-22(17)35-3/h4-12,21H,13-15H2,2-3H3,(H,30,31,32). The molecule has 0 radical (unpaired) electrons. The van der Waals surface area contributed by atoms with Gasteiger partial charge in [0.2, 0.25) is 11.6 Å². The highest BCUT2D eigenvalue weighted by molar-refractivity contribution is 5.43. The van der Waals surface area contributed by atoms with Crippen LogP contribution in [0.2, 0.25) is 0 Å². The summed E-state index contributed by atoms with van der Waals surface area (Å²) in [5, 5.41) is 3.01. The van der Waals surface area contributed by atoms with E-state index < -0.39 is 24.6 Å². The molecule has 0 aliphatic carbocycles. The Labute approximate surface area is 200 Å². The van der Waals surface area contributed by atoms with Gasteiger partial charge in [0.15, 0.2) is 0 Å². The van der Waals surface area contributed by atoms with E-state index in [0.717, 1.165) is 0 Å². The van der Waals surface area contributed by atoms with E-state index in [0.29, 0.717) is 22.6 Å². The van der Waals surface area contributed by atoms with Gasteiger partial charge in [0.05, 0.1) is 33.4 Å². The molecule has 3 aromatic rings. The lowest BCUT2D eigenvalue weighted by Crippen LogP contribution is -2.38. The molecule has 35 heavy (non-hydrogen) atoms. The van der Waals surface area contributed by atoms with Gasteiger partial charge in [-0.05, 0) is 23.8 Å². The first-order chi connectivity index (χ1) is 16.7. The number of benzene rings is 2. The van der Waals surface area contributed by atoms with Crippen LogP contribution in [0.3, 0.4) is 0 Å². The first-order valence-electron chi connectivity index (χ1n) is 10.4. The largest absolute Gasteiger partial charge is 0.497 e. The van der Waals surface area contributed by atoms with Crippen LogP contribution in [0.15, 0.2) is 54.9 Å². The molecule has 0 saturated carbocycles. The molecular weight excluding hydrogens is 466 g/mol. The molecule has 2 aromatic carbocycles. The van der Waals surface area contributed by atoms with Crippen molar-refractivity contribution in [1.82, 2.24) is 14.9 Å². The van der Waals surface area contributed by atoms with Gasteiger partial charge >= 0.3 is 6.18 Å². The molecule has 1 unspecified atom stereocenters. The molecule has 1 N–H and O–H groups in total. The van der Waals surface area contributed by atoms with E-state index in [9.17, 15) is 17.6 Å². The summed E-state index contributed by atoms with van der Waals surface area (Å²) < 4.78 is 64.6. The normalized spacial score (nSPS) is 12.2. The van der Waals surface area contributed by atoms with Crippen molar-refractivity contribution in [3.63, 3.8) is 0 Å². The fourth-order valence-corrected chi connectivity index (χ4v) is 3.46. The Balaban J connectivity index is 1.92. The summed E-state index contributed by atoms with van der Waals surface area (Å²) in [6.45, 7) is 5.62. The second-order valence-electron chi connectivity index (χ2n) is 7.59. The molecule has 3 rings (SSSR count). The molecule has 0 bridgehead atoms. The number of halogens is 4. The van der Waals surface area contributed by atoms with E-state index in [4.69, 9.17) is 16.0 Å². The molecule has 0 saturated heterocycles. The van der Waals surface area contributed by atoms with Crippen LogP contribution in [-0.4, -0.2) is 48.4 Å². The topological polar surface area (TPSA) is 63.9 Å². The zero-order valence-corrected chi connectivity index (χ0v) is 19.0. The SMILES string of the molecule is [C-]#[N+]c1cnc(NC(CN(Cc2ccc(OC)cc2OC)CC(F)(F)F)c2ccc(F)cc2)nc1. The summed E-state index contributed by atoms with van der Waals surface area (Å²) in [6.07, 6.45) is -1.86. The van der Waals surface area contributed by atoms with Gasteiger partial charge in [-0.1, -0.05) is 18.2 Å². The summed E-state index contributed by atoms with van der Waals surface area (Å²) in [6, 6.07) is 9.60. The summed E-state index contributed by atoms with van der Waals surface area (Å²) in [7, 11) is 2.91. The minimum atomic E-state index is -4.47. The number of ether oxygens (including phenoxy) is 2. The predicted octanol–water partition coefficient (Wildman–Crippen LogP) is 5.40. The zero-order valence-electron chi connectivity index (χ0n) is 19.0. The molecule has 0 fully saturated rings. The van der Waals surface area contributed by atoms with Gasteiger partial charge in [0, 0.05) is 37.1 Å². The highest BCUT2D eigenvalue weighted by Gasteiger charge is 2.32. The molecule has 1 heterocycles. The third-order valence-corrected chi connectivity index (χ3v) is 5.07. The smallest absolute Gasteiger partial charge is 0.401 e. The van der Waals surface area contributed by atoms with Crippen LogP contribution in [0.1, 0.15) is 17.2 Å². The zero-order chi connectivity index (χ0) is 25.4. The van der Waals surface area contributed by atoms with Gasteiger partial charge in [-0.15, -0.1) is 0 Å². The molecule has 1 aromatic heterocycles. The molecule has 0 spiro atoms. The van der Waals surface area contributed by atoms with Gasteiger partial charge in [0.1, 0.15) is 17.3 Å². The van der Waals surface area contributed by atoms with Gasteiger partial charge < -0.3 is 14.8 Å². The van der Waals surface area contributed by atoms with Crippen molar-refractivity contribution in [2.75, 3.05) is 32.6 Å². The molecule has 0 aliphatic heterocycles. The predicted molar refractivity (Wildman–Crippen MR) is 122 cm³/mol. The Kier molecular flexibility index (Phi) is 8.43. The quantitative estimate of drug-likeness (QED) is 0.304.